The number of nitrogens with one attached hydrogen (secondary N) is 2. The van der Waals surface area contributed by atoms with E-state index in [1.165, 1.54) is 23.2 Å². The molecule has 2 aliphatic heterocycles. The highest BCUT2D eigenvalue weighted by Gasteiger charge is 2.36. The third kappa shape index (κ3) is 3.33. The van der Waals surface area contributed by atoms with Gasteiger partial charge in [-0.2, -0.15) is 0 Å². The van der Waals surface area contributed by atoms with Crippen molar-refractivity contribution >= 4 is 29.1 Å². The highest BCUT2D eigenvalue weighted by molar-refractivity contribution is 5.96. The number of aromatic carboxylic acids is 1. The number of rotatable bonds is 3. The monoisotopic (exact) mass is 389 g/mol. The van der Waals surface area contributed by atoms with Crippen molar-refractivity contribution in [3.05, 3.63) is 47.7 Å². The number of hydrogen-bond acceptors (Lipinski definition) is 6. The number of halogens is 2. The molecular weight excluding hydrogens is 372 g/mol. The Hall–Kier alpha value is -3.27. The number of anilines is 3. The topological polar surface area (TPSA) is 97.8 Å². The number of piperidine rings is 1. The minimum absolute atomic E-state index is 0.0106. The first-order chi connectivity index (χ1) is 13.3. The molecule has 28 heavy (non-hydrogen) atoms. The summed E-state index contributed by atoms with van der Waals surface area (Å²) < 4.78 is 26.6. The fourth-order valence-electron chi connectivity index (χ4n) is 3.17. The molecule has 4 rings (SSSR count). The van der Waals surface area contributed by atoms with Crippen LogP contribution in [0.2, 0.25) is 0 Å². The van der Waals surface area contributed by atoms with Crippen LogP contribution in [0.25, 0.3) is 0 Å². The summed E-state index contributed by atoms with van der Waals surface area (Å²) >= 11 is 0. The third-order valence-electron chi connectivity index (χ3n) is 4.78. The maximum atomic E-state index is 13.3. The average molecular weight is 389 g/mol. The highest BCUT2D eigenvalue weighted by atomic mass is 19.3. The summed E-state index contributed by atoms with van der Waals surface area (Å²) in [7, 11) is 0. The lowest BCUT2D eigenvalue weighted by Gasteiger charge is -2.31. The van der Waals surface area contributed by atoms with E-state index in [4.69, 9.17) is 5.11 Å². The summed E-state index contributed by atoms with van der Waals surface area (Å²) in [5.74, 6) is -3.56. The SMILES string of the molecule is O=C(O)c1ccc(N2NNc3cc(C(=O)N4CCC(F)(F)CC4)cnc32)cc1. The van der Waals surface area contributed by atoms with Crippen LogP contribution in [0.4, 0.5) is 26.0 Å². The molecule has 0 aliphatic carbocycles. The van der Waals surface area contributed by atoms with Gasteiger partial charge in [0.25, 0.3) is 11.8 Å². The molecule has 0 atom stereocenters. The average Bonchev–Trinajstić information content (AvgIpc) is 3.10. The summed E-state index contributed by atoms with van der Waals surface area (Å²) in [5, 5.41) is 10.6. The number of nitrogens with zero attached hydrogens (tertiary/aromatic N) is 3. The van der Waals surface area contributed by atoms with Gasteiger partial charge in [-0.25, -0.2) is 23.6 Å². The van der Waals surface area contributed by atoms with Crippen LogP contribution in [0.1, 0.15) is 33.6 Å². The molecule has 1 saturated heterocycles. The Morgan fingerprint density at radius 2 is 1.79 bits per heavy atom. The molecule has 3 N–H and O–H groups in total. The fraction of sp³-hybridized carbons (Fsp3) is 0.278. The van der Waals surface area contributed by atoms with Crippen LogP contribution in [0.15, 0.2) is 36.5 Å². The van der Waals surface area contributed by atoms with Gasteiger partial charge in [-0.15, -0.1) is 5.53 Å². The summed E-state index contributed by atoms with van der Waals surface area (Å²) in [6.45, 7) is 0.0211. The molecule has 2 aromatic rings. The number of alkyl halides is 2. The van der Waals surface area contributed by atoms with Gasteiger partial charge >= 0.3 is 5.97 Å². The van der Waals surface area contributed by atoms with Crippen LogP contribution in [0.3, 0.4) is 0 Å². The second kappa shape index (κ2) is 6.71. The molecule has 0 unspecified atom stereocenters. The van der Waals surface area contributed by atoms with Crippen LogP contribution in [-0.4, -0.2) is 45.9 Å². The normalized spacial score (nSPS) is 17.8. The summed E-state index contributed by atoms with van der Waals surface area (Å²) in [6, 6.07) is 7.81. The van der Waals surface area contributed by atoms with Crippen molar-refractivity contribution in [2.75, 3.05) is 23.5 Å². The Morgan fingerprint density at radius 1 is 1.11 bits per heavy atom. The minimum Gasteiger partial charge on any atom is -0.478 e. The first-order valence-electron chi connectivity index (χ1n) is 8.66. The zero-order valence-electron chi connectivity index (χ0n) is 14.7. The van der Waals surface area contributed by atoms with Crippen molar-refractivity contribution in [3.8, 4) is 0 Å². The van der Waals surface area contributed by atoms with E-state index in [0.717, 1.165) is 0 Å². The number of fused-ring (bicyclic) bond motifs is 1. The van der Waals surface area contributed by atoms with E-state index in [2.05, 4.69) is 15.9 Å². The molecular formula is C18H17F2N5O3. The van der Waals surface area contributed by atoms with Gasteiger partial charge in [0.2, 0.25) is 0 Å². The van der Waals surface area contributed by atoms with E-state index in [1.807, 2.05) is 0 Å². The molecule has 0 spiro atoms. The lowest BCUT2D eigenvalue weighted by molar-refractivity contribution is -0.0494. The first kappa shape index (κ1) is 18.1. The predicted octanol–water partition coefficient (Wildman–Crippen LogP) is 2.63. The van der Waals surface area contributed by atoms with Gasteiger partial charge in [0.1, 0.15) is 0 Å². The second-order valence-corrected chi connectivity index (χ2v) is 6.67. The molecule has 10 heteroatoms. The van der Waals surface area contributed by atoms with Crippen LogP contribution >= 0.6 is 0 Å². The molecule has 1 aromatic heterocycles. The number of carbonyl (C=O) groups excluding carboxylic acids is 1. The number of pyridine rings is 1. The number of likely N-dealkylation sites (tertiary alicyclic amines) is 1. The molecule has 2 aliphatic rings. The highest BCUT2D eigenvalue weighted by Crippen LogP contribution is 2.34. The molecule has 3 heterocycles. The van der Waals surface area contributed by atoms with Crippen LogP contribution in [-0.2, 0) is 0 Å². The quantitative estimate of drug-likeness (QED) is 0.742. The molecule has 8 nitrogen and oxygen atoms in total. The van der Waals surface area contributed by atoms with Gasteiger partial charge in [0.15, 0.2) is 5.82 Å². The van der Waals surface area contributed by atoms with E-state index in [1.54, 1.807) is 23.2 Å². The van der Waals surface area contributed by atoms with E-state index in [9.17, 15) is 18.4 Å². The Balaban J connectivity index is 1.52. The second-order valence-electron chi connectivity index (χ2n) is 6.67. The number of carbonyl (C=O) groups is 2. The fourth-order valence-corrected chi connectivity index (χ4v) is 3.17. The minimum atomic E-state index is -2.71. The van der Waals surface area contributed by atoms with Crippen molar-refractivity contribution in [1.29, 1.82) is 0 Å². The number of carboxylic acid groups (broad SMARTS) is 1. The standard InChI is InChI=1S/C18H17F2N5O3/c19-18(20)5-7-24(8-6-18)16(26)12-9-14-15(21-10-12)25(23-22-14)13-3-1-11(2-4-13)17(27)28/h1-4,9-10,22-23H,5-8H2,(H,27,28). The molecule has 1 amide bonds. The summed E-state index contributed by atoms with van der Waals surface area (Å²) in [6.07, 6.45) is 0.731. The van der Waals surface area contributed by atoms with Crippen molar-refractivity contribution in [2.24, 2.45) is 0 Å². The summed E-state index contributed by atoms with van der Waals surface area (Å²) in [4.78, 5) is 29.3. The Morgan fingerprint density at radius 3 is 2.43 bits per heavy atom. The first-order valence-corrected chi connectivity index (χ1v) is 8.66. The van der Waals surface area contributed by atoms with Gasteiger partial charge < -0.3 is 10.0 Å². The number of carboxylic acids is 1. The van der Waals surface area contributed by atoms with Crippen molar-refractivity contribution in [2.45, 2.75) is 18.8 Å². The molecule has 0 bridgehead atoms. The molecule has 1 aromatic carbocycles. The van der Waals surface area contributed by atoms with Crippen molar-refractivity contribution in [3.63, 3.8) is 0 Å². The number of hydrazine groups is 2. The number of benzene rings is 1. The van der Waals surface area contributed by atoms with E-state index < -0.39 is 11.9 Å². The van der Waals surface area contributed by atoms with Gasteiger partial charge in [-0.05, 0) is 30.3 Å². The Labute approximate surface area is 158 Å². The van der Waals surface area contributed by atoms with Crippen molar-refractivity contribution < 1.29 is 23.5 Å². The number of aromatic nitrogens is 1. The predicted molar refractivity (Wildman–Crippen MR) is 96.6 cm³/mol. The zero-order chi connectivity index (χ0) is 19.9. The maximum Gasteiger partial charge on any atom is 0.335 e. The maximum absolute atomic E-state index is 13.3. The van der Waals surface area contributed by atoms with Gasteiger partial charge in [-0.1, -0.05) is 0 Å². The molecule has 1 fully saturated rings. The molecule has 0 saturated carbocycles. The van der Waals surface area contributed by atoms with Crippen molar-refractivity contribution in [1.82, 2.24) is 15.4 Å². The lowest BCUT2D eigenvalue weighted by atomic mass is 10.1. The molecule has 146 valence electrons. The van der Waals surface area contributed by atoms with E-state index in [0.29, 0.717) is 22.8 Å². The third-order valence-corrected chi connectivity index (χ3v) is 4.78. The van der Waals surface area contributed by atoms with E-state index in [-0.39, 0.29) is 37.4 Å². The largest absolute Gasteiger partial charge is 0.478 e. The van der Waals surface area contributed by atoms with E-state index >= 15 is 0 Å². The Kier molecular flexibility index (Phi) is 4.34. The smallest absolute Gasteiger partial charge is 0.335 e. The van der Waals surface area contributed by atoms with Gasteiger partial charge in [0, 0.05) is 32.1 Å². The lowest BCUT2D eigenvalue weighted by Crippen LogP contribution is -2.42. The molecule has 0 radical (unpaired) electrons. The summed E-state index contributed by atoms with van der Waals surface area (Å²) in [5.41, 5.74) is 7.47. The number of hydrogen-bond donors (Lipinski definition) is 3. The van der Waals surface area contributed by atoms with Crippen LogP contribution in [0, 0.1) is 0 Å². The van der Waals surface area contributed by atoms with Crippen LogP contribution < -0.4 is 16.0 Å². The zero-order valence-corrected chi connectivity index (χ0v) is 14.7. The van der Waals surface area contributed by atoms with Gasteiger partial charge in [0.05, 0.1) is 22.5 Å². The van der Waals surface area contributed by atoms with Gasteiger partial charge in [-0.3, -0.25) is 10.2 Å². The number of amides is 1. The Bertz CT molecular complexity index is 925. The van der Waals surface area contributed by atoms with Crippen LogP contribution in [0.5, 0.6) is 0 Å².